The zero-order valence-corrected chi connectivity index (χ0v) is 19.0. The number of carbonyl (C=O) groups is 2. The summed E-state index contributed by atoms with van der Waals surface area (Å²) >= 11 is 0. The van der Waals surface area contributed by atoms with Gasteiger partial charge in [0.25, 0.3) is 11.8 Å². The first-order chi connectivity index (χ1) is 16.0. The van der Waals surface area contributed by atoms with Crippen molar-refractivity contribution in [2.45, 2.75) is 26.9 Å². The summed E-state index contributed by atoms with van der Waals surface area (Å²) in [5.74, 6) is -0.510. The number of hydrogen-bond acceptors (Lipinski definition) is 4. The molecule has 0 saturated heterocycles. The molecule has 0 aromatic heterocycles. The molecule has 0 spiro atoms. The normalized spacial score (nSPS) is 10.5. The molecular formula is C27H28N4O2. The Labute approximate surface area is 194 Å². The predicted molar refractivity (Wildman–Crippen MR) is 130 cm³/mol. The molecule has 0 bridgehead atoms. The number of carbonyl (C=O) groups excluding carboxylic acids is 2. The highest BCUT2D eigenvalue weighted by Crippen LogP contribution is 2.15. The second-order valence-electron chi connectivity index (χ2n) is 7.64. The van der Waals surface area contributed by atoms with Gasteiger partial charge in [0.1, 0.15) is 0 Å². The van der Waals surface area contributed by atoms with Crippen LogP contribution in [0, 0.1) is 11.3 Å². The van der Waals surface area contributed by atoms with E-state index in [9.17, 15) is 9.59 Å². The van der Waals surface area contributed by atoms with Gasteiger partial charge in [-0.1, -0.05) is 44.2 Å². The van der Waals surface area contributed by atoms with Gasteiger partial charge in [0.2, 0.25) is 0 Å². The number of nitriles is 1. The van der Waals surface area contributed by atoms with Gasteiger partial charge in [-0.3, -0.25) is 14.5 Å². The molecule has 6 heteroatoms. The fourth-order valence-corrected chi connectivity index (χ4v) is 3.49. The van der Waals surface area contributed by atoms with Gasteiger partial charge in [-0.15, -0.1) is 0 Å². The summed E-state index contributed by atoms with van der Waals surface area (Å²) < 4.78 is 0. The number of rotatable bonds is 9. The van der Waals surface area contributed by atoms with E-state index in [2.05, 4.69) is 35.4 Å². The Morgan fingerprint density at radius 1 is 0.848 bits per heavy atom. The average molecular weight is 441 g/mol. The van der Waals surface area contributed by atoms with Gasteiger partial charge in [0.05, 0.1) is 11.6 Å². The molecule has 168 valence electrons. The van der Waals surface area contributed by atoms with E-state index in [1.165, 1.54) is 5.56 Å². The van der Waals surface area contributed by atoms with Crippen molar-refractivity contribution in [3.05, 3.63) is 101 Å². The molecule has 0 atom stereocenters. The van der Waals surface area contributed by atoms with E-state index < -0.39 is 0 Å². The van der Waals surface area contributed by atoms with E-state index >= 15 is 0 Å². The van der Waals surface area contributed by atoms with Gasteiger partial charge >= 0.3 is 0 Å². The molecule has 0 aliphatic heterocycles. The molecule has 0 heterocycles. The quantitative estimate of drug-likeness (QED) is 0.510. The van der Waals surface area contributed by atoms with E-state index in [0.717, 1.165) is 25.2 Å². The summed E-state index contributed by atoms with van der Waals surface area (Å²) in [6.07, 6.45) is 0. The molecule has 0 unspecified atom stereocenters. The van der Waals surface area contributed by atoms with Crippen molar-refractivity contribution >= 4 is 17.5 Å². The first kappa shape index (κ1) is 23.7. The van der Waals surface area contributed by atoms with E-state index in [0.29, 0.717) is 28.9 Å². The molecule has 0 aliphatic carbocycles. The highest BCUT2D eigenvalue weighted by Gasteiger charge is 2.11. The van der Waals surface area contributed by atoms with Gasteiger partial charge in [-0.25, -0.2) is 0 Å². The highest BCUT2D eigenvalue weighted by molar-refractivity contribution is 6.05. The Morgan fingerprint density at radius 2 is 1.55 bits per heavy atom. The lowest BCUT2D eigenvalue weighted by atomic mass is 10.1. The fourth-order valence-electron chi connectivity index (χ4n) is 3.49. The SMILES string of the molecule is CCN(CC)Cc1ccccc1CNC(=O)c1cccc(NC(=O)c2ccc(C#N)cc2)c1. The van der Waals surface area contributed by atoms with Crippen LogP contribution in [0.1, 0.15) is 51.3 Å². The Kier molecular flexibility index (Phi) is 8.34. The molecule has 0 fully saturated rings. The summed E-state index contributed by atoms with van der Waals surface area (Å²) in [5, 5.41) is 14.7. The van der Waals surface area contributed by atoms with Crippen molar-refractivity contribution < 1.29 is 9.59 Å². The number of amides is 2. The van der Waals surface area contributed by atoms with Gasteiger partial charge < -0.3 is 10.6 Å². The van der Waals surface area contributed by atoms with Crippen molar-refractivity contribution in [2.24, 2.45) is 0 Å². The van der Waals surface area contributed by atoms with Crippen LogP contribution in [-0.2, 0) is 13.1 Å². The third-order valence-electron chi connectivity index (χ3n) is 5.50. The first-order valence-electron chi connectivity index (χ1n) is 11.0. The second-order valence-corrected chi connectivity index (χ2v) is 7.64. The number of nitrogens with zero attached hydrogens (tertiary/aromatic N) is 2. The zero-order valence-electron chi connectivity index (χ0n) is 19.0. The lowest BCUT2D eigenvalue weighted by molar-refractivity contribution is 0.0949. The maximum atomic E-state index is 12.8. The largest absolute Gasteiger partial charge is 0.348 e. The first-order valence-corrected chi connectivity index (χ1v) is 11.0. The van der Waals surface area contributed by atoms with Crippen molar-refractivity contribution in [1.29, 1.82) is 5.26 Å². The molecule has 33 heavy (non-hydrogen) atoms. The lowest BCUT2D eigenvalue weighted by Gasteiger charge is -2.20. The van der Waals surface area contributed by atoms with Crippen LogP contribution in [0.25, 0.3) is 0 Å². The zero-order chi connectivity index (χ0) is 23.6. The molecule has 6 nitrogen and oxygen atoms in total. The Morgan fingerprint density at radius 3 is 2.21 bits per heavy atom. The van der Waals surface area contributed by atoms with Gasteiger partial charge in [0, 0.05) is 29.9 Å². The maximum Gasteiger partial charge on any atom is 0.255 e. The van der Waals surface area contributed by atoms with E-state index in [1.807, 2.05) is 24.3 Å². The molecule has 3 rings (SSSR count). The average Bonchev–Trinajstić information content (AvgIpc) is 2.86. The summed E-state index contributed by atoms with van der Waals surface area (Å²) in [6.45, 7) is 7.49. The van der Waals surface area contributed by atoms with Crippen LogP contribution < -0.4 is 10.6 Å². The molecule has 3 aromatic carbocycles. The third-order valence-corrected chi connectivity index (χ3v) is 5.50. The molecule has 0 radical (unpaired) electrons. The monoisotopic (exact) mass is 440 g/mol. The minimum absolute atomic E-state index is 0.206. The van der Waals surface area contributed by atoms with Crippen LogP contribution in [-0.4, -0.2) is 29.8 Å². The molecule has 2 amide bonds. The molecular weight excluding hydrogens is 412 g/mol. The number of anilines is 1. The smallest absolute Gasteiger partial charge is 0.255 e. The number of hydrogen-bond donors (Lipinski definition) is 2. The molecule has 0 saturated carbocycles. The Balaban J connectivity index is 1.64. The van der Waals surface area contributed by atoms with Crippen molar-refractivity contribution in [2.75, 3.05) is 18.4 Å². The Bertz CT molecular complexity index is 1150. The molecule has 0 aliphatic rings. The minimum Gasteiger partial charge on any atom is -0.348 e. The summed E-state index contributed by atoms with van der Waals surface area (Å²) in [7, 11) is 0. The second kappa shape index (κ2) is 11.6. The van der Waals surface area contributed by atoms with Gasteiger partial charge in [-0.05, 0) is 66.7 Å². The van der Waals surface area contributed by atoms with E-state index in [4.69, 9.17) is 5.26 Å². The van der Waals surface area contributed by atoms with E-state index in [-0.39, 0.29) is 11.8 Å². The Hall–Kier alpha value is -3.95. The van der Waals surface area contributed by atoms with Gasteiger partial charge in [0.15, 0.2) is 0 Å². The molecule has 3 aromatic rings. The van der Waals surface area contributed by atoms with Crippen LogP contribution in [0.4, 0.5) is 5.69 Å². The number of nitrogens with one attached hydrogen (secondary N) is 2. The predicted octanol–water partition coefficient (Wildman–Crippen LogP) is 4.58. The van der Waals surface area contributed by atoms with Crippen LogP contribution in [0.5, 0.6) is 0 Å². The molecule has 2 N–H and O–H groups in total. The van der Waals surface area contributed by atoms with Crippen molar-refractivity contribution in [3.63, 3.8) is 0 Å². The topological polar surface area (TPSA) is 85.2 Å². The van der Waals surface area contributed by atoms with Crippen LogP contribution in [0.2, 0.25) is 0 Å². The maximum absolute atomic E-state index is 12.8. The summed E-state index contributed by atoms with van der Waals surface area (Å²) in [5.41, 5.74) is 4.21. The van der Waals surface area contributed by atoms with Crippen LogP contribution in [0.3, 0.4) is 0 Å². The number of benzene rings is 3. The third kappa shape index (κ3) is 6.52. The van der Waals surface area contributed by atoms with E-state index in [1.54, 1.807) is 48.5 Å². The highest BCUT2D eigenvalue weighted by atomic mass is 16.2. The van der Waals surface area contributed by atoms with Gasteiger partial charge in [-0.2, -0.15) is 5.26 Å². The van der Waals surface area contributed by atoms with Crippen molar-refractivity contribution in [3.8, 4) is 6.07 Å². The van der Waals surface area contributed by atoms with Crippen LogP contribution >= 0.6 is 0 Å². The van der Waals surface area contributed by atoms with Crippen molar-refractivity contribution in [1.82, 2.24) is 10.2 Å². The fraction of sp³-hybridized carbons (Fsp3) is 0.222. The summed E-state index contributed by atoms with van der Waals surface area (Å²) in [4.78, 5) is 27.6. The van der Waals surface area contributed by atoms with Crippen LogP contribution in [0.15, 0.2) is 72.8 Å². The lowest BCUT2D eigenvalue weighted by Crippen LogP contribution is -2.26. The standard InChI is InChI=1S/C27H28N4O2/c1-3-31(4-2)19-24-9-6-5-8-23(24)18-29-26(32)22-10-7-11-25(16-22)30-27(33)21-14-12-20(17-28)13-15-21/h5-16H,3-4,18-19H2,1-2H3,(H,29,32)(H,30,33). The minimum atomic E-state index is -0.303. The summed E-state index contributed by atoms with van der Waals surface area (Å²) in [6, 6.07) is 23.4.